The van der Waals surface area contributed by atoms with Crippen molar-refractivity contribution in [3.63, 3.8) is 0 Å². The third kappa shape index (κ3) is 5.47. The SMILES string of the molecule is Cc1cc(C)c(-c2c[c-]c(C(=O)Oc3cc(F)c(C(F)(F)F)c(F)c3)c(C)c2)c(C)c1.[La]. The van der Waals surface area contributed by atoms with E-state index < -0.39 is 35.1 Å². The quantitative estimate of drug-likeness (QED) is 0.148. The molecule has 0 bridgehead atoms. The van der Waals surface area contributed by atoms with E-state index in [2.05, 4.69) is 6.07 Å². The van der Waals surface area contributed by atoms with E-state index in [1.165, 1.54) is 0 Å². The van der Waals surface area contributed by atoms with Gasteiger partial charge in [0.15, 0.2) is 0 Å². The first kappa shape index (κ1) is 26.2. The van der Waals surface area contributed by atoms with Crippen LogP contribution in [-0.2, 0) is 6.18 Å². The van der Waals surface area contributed by atoms with E-state index >= 15 is 0 Å². The maximum Gasteiger partial charge on any atom is 0.422 e. The van der Waals surface area contributed by atoms with Gasteiger partial charge in [0.05, 0.1) is 0 Å². The number of carbonyl (C=O) groups is 1. The van der Waals surface area contributed by atoms with Gasteiger partial charge < -0.3 is 9.53 Å². The van der Waals surface area contributed by atoms with Crippen LogP contribution < -0.4 is 4.74 Å². The molecule has 2 nitrogen and oxygen atoms in total. The summed E-state index contributed by atoms with van der Waals surface area (Å²) in [5, 5.41) is 0. The number of hydrogen-bond acceptors (Lipinski definition) is 2. The molecule has 3 rings (SSSR count). The molecule has 1 radical (unpaired) electrons. The standard InChI is InChI=1S/C24H18F5O2.La/c1-12-7-14(3)21(15(4)8-12)16-5-6-18(13(2)9-16)23(30)31-17-10-19(25)22(20(26)11-17)24(27,28)29;/h5,7-11H,1-4H3;/q-1;. The minimum Gasteiger partial charge on any atom is -0.467 e. The summed E-state index contributed by atoms with van der Waals surface area (Å²) >= 11 is 0. The second-order valence-electron chi connectivity index (χ2n) is 7.37. The fraction of sp³-hybridized carbons (Fsp3) is 0.208. The Kier molecular flexibility index (Phi) is 8.08. The average molecular weight is 572 g/mol. The van der Waals surface area contributed by atoms with Gasteiger partial charge in [-0.1, -0.05) is 52.4 Å². The summed E-state index contributed by atoms with van der Waals surface area (Å²) in [5.74, 6) is -5.39. The first-order valence-electron chi connectivity index (χ1n) is 9.27. The van der Waals surface area contributed by atoms with Crippen molar-refractivity contribution < 1.29 is 67.1 Å². The van der Waals surface area contributed by atoms with E-state index in [0.717, 1.165) is 27.8 Å². The van der Waals surface area contributed by atoms with E-state index in [0.29, 0.717) is 17.7 Å². The van der Waals surface area contributed by atoms with Crippen molar-refractivity contribution in [2.24, 2.45) is 0 Å². The van der Waals surface area contributed by atoms with Gasteiger partial charge in [0.25, 0.3) is 5.97 Å². The van der Waals surface area contributed by atoms with Crippen LogP contribution in [0.15, 0.2) is 36.4 Å². The molecule has 0 aliphatic heterocycles. The first-order valence-corrected chi connectivity index (χ1v) is 9.27. The molecule has 32 heavy (non-hydrogen) atoms. The number of hydrogen-bond donors (Lipinski definition) is 0. The number of ether oxygens (including phenoxy) is 1. The van der Waals surface area contributed by atoms with E-state index in [9.17, 15) is 26.7 Å². The Balaban J connectivity index is 0.00000363. The Hall–Kier alpha value is -2.03. The Morgan fingerprint density at radius 2 is 1.41 bits per heavy atom. The van der Waals surface area contributed by atoms with Gasteiger partial charge in [-0.3, -0.25) is 0 Å². The van der Waals surface area contributed by atoms with E-state index in [1.807, 2.05) is 32.9 Å². The number of carbonyl (C=O) groups excluding carboxylic acids is 1. The van der Waals surface area contributed by atoms with Crippen LogP contribution >= 0.6 is 0 Å². The topological polar surface area (TPSA) is 26.3 Å². The molecule has 3 aromatic rings. The molecule has 0 aliphatic rings. The minimum absolute atomic E-state index is 0. The van der Waals surface area contributed by atoms with Crippen molar-refractivity contribution >= 4 is 5.97 Å². The normalized spacial score (nSPS) is 11.2. The van der Waals surface area contributed by atoms with Gasteiger partial charge in [-0.2, -0.15) is 13.2 Å². The van der Waals surface area contributed by atoms with Gasteiger partial charge in [-0.05, 0) is 20.8 Å². The van der Waals surface area contributed by atoms with Gasteiger partial charge in [0.2, 0.25) is 0 Å². The summed E-state index contributed by atoms with van der Waals surface area (Å²) in [6.45, 7) is 7.58. The number of esters is 1. The number of halogens is 5. The third-order valence-corrected chi connectivity index (χ3v) is 4.82. The summed E-state index contributed by atoms with van der Waals surface area (Å²) in [7, 11) is 0. The van der Waals surface area contributed by atoms with Crippen LogP contribution in [0.5, 0.6) is 5.75 Å². The molecule has 165 valence electrons. The zero-order chi connectivity index (χ0) is 23.1. The molecule has 8 heteroatoms. The zero-order valence-electron chi connectivity index (χ0n) is 17.7. The molecule has 0 aliphatic carbocycles. The van der Waals surface area contributed by atoms with Gasteiger partial charge in [0, 0.05) is 47.7 Å². The predicted molar refractivity (Wildman–Crippen MR) is 106 cm³/mol. The fourth-order valence-electron chi connectivity index (χ4n) is 3.65. The monoisotopic (exact) mass is 572 g/mol. The molecular formula is C24H18F5LaO2-. The maximum absolute atomic E-state index is 13.7. The average Bonchev–Trinajstić information content (AvgIpc) is 2.58. The molecule has 0 spiro atoms. The second kappa shape index (κ2) is 9.85. The molecule has 0 heterocycles. The maximum atomic E-state index is 13.7. The molecule has 0 unspecified atom stereocenters. The Bertz CT molecular complexity index is 1140. The summed E-state index contributed by atoms with van der Waals surface area (Å²) in [6, 6.07) is 10.9. The summed E-state index contributed by atoms with van der Waals surface area (Å²) in [5.41, 5.74) is 3.51. The molecule has 0 saturated heterocycles. The smallest absolute Gasteiger partial charge is 0.422 e. The molecule has 3 aromatic carbocycles. The first-order chi connectivity index (χ1) is 14.4. The number of aryl methyl sites for hydroxylation is 4. The Morgan fingerprint density at radius 1 is 0.875 bits per heavy atom. The Morgan fingerprint density at radius 3 is 1.88 bits per heavy atom. The molecule has 0 aromatic heterocycles. The molecule has 0 fully saturated rings. The van der Waals surface area contributed by atoms with Crippen molar-refractivity contribution in [3.05, 3.63) is 87.5 Å². The summed E-state index contributed by atoms with van der Waals surface area (Å²) < 4.78 is 70.4. The van der Waals surface area contributed by atoms with E-state index in [4.69, 9.17) is 4.74 Å². The fourth-order valence-corrected chi connectivity index (χ4v) is 3.65. The van der Waals surface area contributed by atoms with Crippen LogP contribution in [0, 0.1) is 81.0 Å². The molecule has 0 N–H and O–H groups in total. The van der Waals surface area contributed by atoms with Crippen molar-refractivity contribution in [1.29, 1.82) is 0 Å². The second-order valence-corrected chi connectivity index (χ2v) is 7.37. The van der Waals surface area contributed by atoms with E-state index in [1.54, 1.807) is 19.1 Å². The van der Waals surface area contributed by atoms with Gasteiger partial charge in [0.1, 0.15) is 22.9 Å². The van der Waals surface area contributed by atoms with Gasteiger partial charge in [-0.25, -0.2) is 8.78 Å². The number of benzene rings is 3. The molecule has 0 amide bonds. The van der Waals surface area contributed by atoms with Crippen molar-refractivity contribution in [2.45, 2.75) is 33.9 Å². The summed E-state index contributed by atoms with van der Waals surface area (Å²) in [6.07, 6.45) is -5.21. The molecule has 0 atom stereocenters. The third-order valence-electron chi connectivity index (χ3n) is 4.82. The van der Waals surface area contributed by atoms with Crippen molar-refractivity contribution in [3.8, 4) is 16.9 Å². The van der Waals surface area contributed by atoms with Crippen molar-refractivity contribution in [1.82, 2.24) is 0 Å². The number of rotatable bonds is 3. The largest absolute Gasteiger partial charge is 0.467 e. The van der Waals surface area contributed by atoms with Crippen LogP contribution in [0.4, 0.5) is 22.0 Å². The van der Waals surface area contributed by atoms with Gasteiger partial charge in [-0.15, -0.1) is 23.8 Å². The van der Waals surface area contributed by atoms with Crippen LogP contribution in [-0.4, -0.2) is 5.97 Å². The number of alkyl halides is 3. The predicted octanol–water partition coefficient (Wildman–Crippen LogP) is 6.90. The molecule has 0 saturated carbocycles. The van der Waals surface area contributed by atoms with Crippen LogP contribution in [0.3, 0.4) is 0 Å². The minimum atomic E-state index is -5.21. The Labute approximate surface area is 210 Å². The van der Waals surface area contributed by atoms with E-state index in [-0.39, 0.29) is 41.2 Å². The zero-order valence-corrected chi connectivity index (χ0v) is 21.4. The molecular weight excluding hydrogens is 554 g/mol. The van der Waals surface area contributed by atoms with Crippen LogP contribution in [0.2, 0.25) is 0 Å². The summed E-state index contributed by atoms with van der Waals surface area (Å²) in [4.78, 5) is 12.4. The van der Waals surface area contributed by atoms with Crippen molar-refractivity contribution in [2.75, 3.05) is 0 Å². The van der Waals surface area contributed by atoms with Gasteiger partial charge >= 0.3 is 6.18 Å². The van der Waals surface area contributed by atoms with Crippen LogP contribution in [0.25, 0.3) is 11.1 Å². The van der Waals surface area contributed by atoms with Crippen LogP contribution in [0.1, 0.15) is 38.2 Å².